The first-order chi connectivity index (χ1) is 14.9. The minimum Gasteiger partial charge on any atom is -0.497 e. The fraction of sp³-hybridized carbons (Fsp3) is 0.391. The fourth-order valence-electron chi connectivity index (χ4n) is 4.24. The molecule has 1 fully saturated rings. The van der Waals surface area contributed by atoms with Crippen LogP contribution in [0.3, 0.4) is 0 Å². The highest BCUT2D eigenvalue weighted by molar-refractivity contribution is 5.92. The molecule has 2 atom stereocenters. The van der Waals surface area contributed by atoms with Gasteiger partial charge in [0.25, 0.3) is 5.56 Å². The maximum atomic E-state index is 13.7. The molecule has 0 spiro atoms. The van der Waals surface area contributed by atoms with E-state index in [1.54, 1.807) is 42.0 Å². The molecule has 1 aromatic carbocycles. The molecule has 0 saturated carbocycles. The average Bonchev–Trinajstić information content (AvgIpc) is 3.28. The molecule has 2 aromatic rings. The predicted molar refractivity (Wildman–Crippen MR) is 113 cm³/mol. The Morgan fingerprint density at radius 2 is 2.00 bits per heavy atom. The first-order valence-electron chi connectivity index (χ1n) is 10.2. The summed E-state index contributed by atoms with van der Waals surface area (Å²) in [5.74, 6) is -0.444. The molecule has 0 amide bonds. The zero-order valence-corrected chi connectivity index (χ0v) is 17.8. The number of nitrogens with zero attached hydrogens (tertiary/aromatic N) is 1. The normalized spacial score (nSPS) is 20.2. The number of hydrogen-bond acceptors (Lipinski definition) is 7. The lowest BCUT2D eigenvalue weighted by atomic mass is 9.83. The topological polar surface area (TPSA) is 102 Å². The lowest BCUT2D eigenvalue weighted by Gasteiger charge is -2.29. The summed E-state index contributed by atoms with van der Waals surface area (Å²) >= 11 is 0. The Bertz CT molecular complexity index is 1080. The van der Waals surface area contributed by atoms with Crippen LogP contribution in [-0.2, 0) is 20.8 Å². The van der Waals surface area contributed by atoms with Crippen LogP contribution in [0.1, 0.15) is 35.6 Å². The monoisotopic (exact) mass is 426 g/mol. The molecular weight excluding hydrogens is 400 g/mol. The summed E-state index contributed by atoms with van der Waals surface area (Å²) in [6.07, 6.45) is 1.87. The Labute approximate surface area is 180 Å². The third-order valence-electron chi connectivity index (χ3n) is 5.83. The molecule has 0 aliphatic carbocycles. The molecule has 2 aliphatic rings. The van der Waals surface area contributed by atoms with Crippen LogP contribution in [0.4, 0.5) is 0 Å². The highest BCUT2D eigenvalue weighted by Crippen LogP contribution is 2.41. The van der Waals surface area contributed by atoms with E-state index in [2.05, 4.69) is 0 Å². The van der Waals surface area contributed by atoms with Gasteiger partial charge in [-0.3, -0.25) is 4.79 Å². The number of hydrogen-bond donors (Lipinski definition) is 1. The summed E-state index contributed by atoms with van der Waals surface area (Å²) in [5.41, 5.74) is 7.79. The molecule has 0 bridgehead atoms. The van der Waals surface area contributed by atoms with E-state index in [-0.39, 0.29) is 23.1 Å². The highest BCUT2D eigenvalue weighted by atomic mass is 16.5. The predicted octanol–water partition coefficient (Wildman–Crippen LogP) is 2.21. The van der Waals surface area contributed by atoms with Crippen molar-refractivity contribution in [1.29, 1.82) is 0 Å². The van der Waals surface area contributed by atoms with Crippen LogP contribution in [0.5, 0.6) is 11.5 Å². The molecule has 3 heterocycles. The standard InChI is InChI=1S/C23H26N2O6/c1-13-11-17-19(22(26)25(13)12-16-5-4-10-30-16)18(14-6-8-15(28-2)9-7-14)20(21(24)31-17)23(27)29-3/h6-9,11,16,18H,4-5,10,12,24H2,1-3H3/t16-,18+/m1/s1. The largest absolute Gasteiger partial charge is 0.497 e. The van der Waals surface area contributed by atoms with Crippen LogP contribution in [-0.4, -0.2) is 37.5 Å². The second-order valence-electron chi connectivity index (χ2n) is 7.69. The van der Waals surface area contributed by atoms with Crippen LogP contribution >= 0.6 is 0 Å². The van der Waals surface area contributed by atoms with Gasteiger partial charge in [0.1, 0.15) is 17.1 Å². The molecule has 0 unspecified atom stereocenters. The van der Waals surface area contributed by atoms with Crippen LogP contribution < -0.4 is 20.8 Å². The average molecular weight is 426 g/mol. The number of esters is 1. The number of rotatable bonds is 5. The Balaban J connectivity index is 1.89. The van der Waals surface area contributed by atoms with Gasteiger partial charge < -0.3 is 29.2 Å². The number of pyridine rings is 1. The number of ether oxygens (including phenoxy) is 4. The summed E-state index contributed by atoms with van der Waals surface area (Å²) < 4.78 is 23.4. The smallest absolute Gasteiger partial charge is 0.340 e. The number of carbonyl (C=O) groups excluding carboxylic acids is 1. The van der Waals surface area contributed by atoms with Crippen molar-refractivity contribution < 1.29 is 23.7 Å². The van der Waals surface area contributed by atoms with Gasteiger partial charge in [0.15, 0.2) is 0 Å². The van der Waals surface area contributed by atoms with Gasteiger partial charge in [-0.1, -0.05) is 12.1 Å². The fourth-order valence-corrected chi connectivity index (χ4v) is 4.24. The molecule has 8 heteroatoms. The van der Waals surface area contributed by atoms with E-state index in [1.807, 2.05) is 6.92 Å². The van der Waals surface area contributed by atoms with E-state index in [4.69, 9.17) is 24.7 Å². The van der Waals surface area contributed by atoms with Gasteiger partial charge in [-0.05, 0) is 37.5 Å². The SMILES string of the molecule is COC(=O)C1=C(N)Oc2cc(C)n(C[C@H]3CCCO3)c(=O)c2[C@@H]1c1ccc(OC)cc1. The number of fused-ring (bicyclic) bond motifs is 1. The summed E-state index contributed by atoms with van der Waals surface area (Å²) in [5, 5.41) is 0. The van der Waals surface area contributed by atoms with Crippen molar-refractivity contribution in [2.75, 3.05) is 20.8 Å². The van der Waals surface area contributed by atoms with Crippen LogP contribution in [0, 0.1) is 6.92 Å². The Morgan fingerprint density at radius 3 is 2.61 bits per heavy atom. The molecule has 2 N–H and O–H groups in total. The molecule has 4 rings (SSSR count). The molecule has 164 valence electrons. The Morgan fingerprint density at radius 1 is 1.26 bits per heavy atom. The van der Waals surface area contributed by atoms with Crippen molar-refractivity contribution >= 4 is 5.97 Å². The van der Waals surface area contributed by atoms with E-state index in [9.17, 15) is 9.59 Å². The van der Waals surface area contributed by atoms with Gasteiger partial charge in [0, 0.05) is 18.4 Å². The summed E-state index contributed by atoms with van der Waals surface area (Å²) in [6, 6.07) is 8.93. The number of benzene rings is 1. The lowest BCUT2D eigenvalue weighted by Crippen LogP contribution is -2.36. The summed E-state index contributed by atoms with van der Waals surface area (Å²) in [4.78, 5) is 26.3. The number of methoxy groups -OCH3 is 2. The van der Waals surface area contributed by atoms with Crippen molar-refractivity contribution in [3.8, 4) is 11.5 Å². The summed E-state index contributed by atoms with van der Waals surface area (Å²) in [6.45, 7) is 2.99. The zero-order chi connectivity index (χ0) is 22.1. The minimum absolute atomic E-state index is 0.0147. The second kappa shape index (κ2) is 8.47. The number of aromatic nitrogens is 1. The van der Waals surface area contributed by atoms with Crippen LogP contribution in [0.2, 0.25) is 0 Å². The highest BCUT2D eigenvalue weighted by Gasteiger charge is 2.38. The lowest BCUT2D eigenvalue weighted by molar-refractivity contribution is -0.136. The van der Waals surface area contributed by atoms with Crippen molar-refractivity contribution in [1.82, 2.24) is 4.57 Å². The van der Waals surface area contributed by atoms with E-state index in [0.717, 1.165) is 18.5 Å². The third-order valence-corrected chi connectivity index (χ3v) is 5.83. The van der Waals surface area contributed by atoms with E-state index in [0.29, 0.717) is 35.8 Å². The van der Waals surface area contributed by atoms with Crippen molar-refractivity contribution in [3.05, 3.63) is 69.0 Å². The molecule has 8 nitrogen and oxygen atoms in total. The molecule has 2 aliphatic heterocycles. The molecular formula is C23H26N2O6. The van der Waals surface area contributed by atoms with Gasteiger partial charge >= 0.3 is 5.97 Å². The van der Waals surface area contributed by atoms with Crippen molar-refractivity contribution in [2.45, 2.75) is 38.3 Å². The van der Waals surface area contributed by atoms with Crippen molar-refractivity contribution in [2.24, 2.45) is 5.73 Å². The third kappa shape index (κ3) is 3.79. The molecule has 31 heavy (non-hydrogen) atoms. The van der Waals surface area contributed by atoms with E-state index < -0.39 is 11.9 Å². The van der Waals surface area contributed by atoms with Crippen LogP contribution in [0.15, 0.2) is 46.6 Å². The van der Waals surface area contributed by atoms with Gasteiger partial charge in [-0.2, -0.15) is 0 Å². The Kier molecular flexibility index (Phi) is 5.73. The van der Waals surface area contributed by atoms with Gasteiger partial charge in [-0.25, -0.2) is 4.79 Å². The van der Waals surface area contributed by atoms with E-state index in [1.165, 1.54) is 7.11 Å². The van der Waals surface area contributed by atoms with Gasteiger partial charge in [0.05, 0.1) is 38.3 Å². The second-order valence-corrected chi connectivity index (χ2v) is 7.69. The zero-order valence-electron chi connectivity index (χ0n) is 17.8. The minimum atomic E-state index is -0.731. The van der Waals surface area contributed by atoms with Crippen molar-refractivity contribution in [3.63, 3.8) is 0 Å². The number of aryl methyl sites for hydroxylation is 1. The first kappa shape index (κ1) is 21.0. The van der Waals surface area contributed by atoms with Gasteiger partial charge in [0.2, 0.25) is 5.88 Å². The maximum absolute atomic E-state index is 13.7. The van der Waals surface area contributed by atoms with E-state index >= 15 is 0 Å². The maximum Gasteiger partial charge on any atom is 0.340 e. The first-order valence-corrected chi connectivity index (χ1v) is 10.2. The molecule has 1 aromatic heterocycles. The van der Waals surface area contributed by atoms with Crippen LogP contribution in [0.25, 0.3) is 0 Å². The molecule has 0 radical (unpaired) electrons. The molecule has 1 saturated heterocycles. The quantitative estimate of drug-likeness (QED) is 0.732. The summed E-state index contributed by atoms with van der Waals surface area (Å²) in [7, 11) is 2.84. The number of carbonyl (C=O) groups is 1. The Hall–Kier alpha value is -3.26. The van der Waals surface area contributed by atoms with Gasteiger partial charge in [-0.15, -0.1) is 0 Å². The number of nitrogens with two attached hydrogens (primary N) is 1.